The maximum atomic E-state index is 13.8. The Morgan fingerprint density at radius 3 is 2.71 bits per heavy atom. The van der Waals surface area contributed by atoms with Gasteiger partial charge in [0, 0.05) is 24.2 Å². The molecule has 0 aromatic heterocycles. The van der Waals surface area contributed by atoms with E-state index in [1.807, 2.05) is 6.92 Å². The molecule has 2 N–H and O–H groups in total. The minimum Gasteiger partial charge on any atom is -0.383 e. The number of rotatable bonds is 7. The molecule has 0 radical (unpaired) electrons. The predicted molar refractivity (Wildman–Crippen MR) is 84.2 cm³/mol. The van der Waals surface area contributed by atoms with E-state index in [2.05, 4.69) is 0 Å². The SMILES string of the molecule is CCCN(Cc1c(F)cccc1Cl)C(=O)C(N)COC.Cl. The highest BCUT2D eigenvalue weighted by Crippen LogP contribution is 2.21. The lowest BCUT2D eigenvalue weighted by Gasteiger charge is -2.25. The number of amides is 1. The quantitative estimate of drug-likeness (QED) is 0.831. The summed E-state index contributed by atoms with van der Waals surface area (Å²) in [6.45, 7) is 2.66. The Kier molecular flexibility index (Phi) is 9.53. The Hall–Kier alpha value is -0.880. The van der Waals surface area contributed by atoms with Crippen LogP contribution in [0, 0.1) is 5.82 Å². The maximum Gasteiger partial charge on any atom is 0.242 e. The average Bonchev–Trinajstić information content (AvgIpc) is 2.41. The van der Waals surface area contributed by atoms with E-state index in [9.17, 15) is 9.18 Å². The van der Waals surface area contributed by atoms with Gasteiger partial charge in [0.05, 0.1) is 13.2 Å². The first-order valence-electron chi connectivity index (χ1n) is 6.47. The summed E-state index contributed by atoms with van der Waals surface area (Å²) in [7, 11) is 1.48. The molecule has 1 amide bonds. The second-order valence-electron chi connectivity index (χ2n) is 4.52. The first kappa shape index (κ1) is 20.1. The molecule has 1 atom stereocenters. The Balaban J connectivity index is 0.00000400. The Morgan fingerprint density at radius 2 is 2.19 bits per heavy atom. The summed E-state index contributed by atoms with van der Waals surface area (Å²) in [6, 6.07) is 3.70. The van der Waals surface area contributed by atoms with E-state index >= 15 is 0 Å². The molecule has 0 bridgehead atoms. The largest absolute Gasteiger partial charge is 0.383 e. The van der Waals surface area contributed by atoms with Crippen LogP contribution in [-0.4, -0.2) is 37.1 Å². The van der Waals surface area contributed by atoms with E-state index in [1.165, 1.54) is 24.1 Å². The molecule has 0 saturated carbocycles. The molecular formula is C14H21Cl2FN2O2. The van der Waals surface area contributed by atoms with Crippen LogP contribution in [0.4, 0.5) is 4.39 Å². The minimum atomic E-state index is -0.753. The van der Waals surface area contributed by atoms with Gasteiger partial charge in [0.15, 0.2) is 0 Å². The molecule has 0 aliphatic carbocycles. The Morgan fingerprint density at radius 1 is 1.52 bits per heavy atom. The van der Waals surface area contributed by atoms with Crippen LogP contribution in [0.3, 0.4) is 0 Å². The highest BCUT2D eigenvalue weighted by Gasteiger charge is 2.22. The lowest BCUT2D eigenvalue weighted by atomic mass is 10.1. The third-order valence-corrected chi connectivity index (χ3v) is 3.23. The molecule has 1 aromatic rings. The number of carbonyl (C=O) groups is 1. The number of halogens is 3. The van der Waals surface area contributed by atoms with Gasteiger partial charge in [0.1, 0.15) is 11.9 Å². The van der Waals surface area contributed by atoms with Gasteiger partial charge in [-0.1, -0.05) is 24.6 Å². The highest BCUT2D eigenvalue weighted by atomic mass is 35.5. The van der Waals surface area contributed by atoms with Gasteiger partial charge in [-0.3, -0.25) is 4.79 Å². The van der Waals surface area contributed by atoms with Crippen LogP contribution in [-0.2, 0) is 16.1 Å². The molecule has 21 heavy (non-hydrogen) atoms. The van der Waals surface area contributed by atoms with E-state index in [-0.39, 0.29) is 31.5 Å². The van der Waals surface area contributed by atoms with Crippen LogP contribution in [0.5, 0.6) is 0 Å². The number of methoxy groups -OCH3 is 1. The third kappa shape index (κ3) is 5.79. The zero-order valence-electron chi connectivity index (χ0n) is 12.1. The summed E-state index contributed by atoms with van der Waals surface area (Å²) in [4.78, 5) is 13.7. The maximum absolute atomic E-state index is 13.8. The van der Waals surface area contributed by atoms with Crippen LogP contribution in [0.25, 0.3) is 0 Å². The first-order chi connectivity index (χ1) is 9.51. The second kappa shape index (κ2) is 9.95. The van der Waals surface area contributed by atoms with Crippen LogP contribution in [0.15, 0.2) is 18.2 Å². The van der Waals surface area contributed by atoms with E-state index < -0.39 is 11.9 Å². The fourth-order valence-corrected chi connectivity index (χ4v) is 2.12. The number of hydrogen-bond donors (Lipinski definition) is 1. The third-order valence-electron chi connectivity index (χ3n) is 2.88. The number of nitrogens with two attached hydrogens (primary N) is 1. The number of ether oxygens (including phenoxy) is 1. The Labute approximate surface area is 135 Å². The van der Waals surface area contributed by atoms with Gasteiger partial charge in [-0.15, -0.1) is 12.4 Å². The molecule has 0 saturated heterocycles. The standard InChI is InChI=1S/C14H20ClFN2O2.ClH/c1-3-7-18(14(19)13(17)9-20-2)8-10-11(15)5-4-6-12(10)16;/h4-6,13H,3,7-9,17H2,1-2H3;1H. The molecule has 4 nitrogen and oxygen atoms in total. The molecule has 120 valence electrons. The van der Waals surface area contributed by atoms with Crippen LogP contribution < -0.4 is 5.73 Å². The molecule has 0 aliphatic heterocycles. The zero-order chi connectivity index (χ0) is 15.1. The van der Waals surface area contributed by atoms with Crippen molar-refractivity contribution in [1.82, 2.24) is 4.90 Å². The van der Waals surface area contributed by atoms with E-state index in [1.54, 1.807) is 6.07 Å². The van der Waals surface area contributed by atoms with Crippen LogP contribution in [0.2, 0.25) is 5.02 Å². The normalized spacial score (nSPS) is 11.7. The second-order valence-corrected chi connectivity index (χ2v) is 4.93. The van der Waals surface area contributed by atoms with Crippen molar-refractivity contribution in [2.45, 2.75) is 25.9 Å². The van der Waals surface area contributed by atoms with Crippen molar-refractivity contribution in [2.75, 3.05) is 20.3 Å². The summed E-state index contributed by atoms with van der Waals surface area (Å²) < 4.78 is 18.7. The van der Waals surface area contributed by atoms with Gasteiger partial charge in [-0.05, 0) is 18.6 Å². The molecule has 0 spiro atoms. The van der Waals surface area contributed by atoms with Crippen molar-refractivity contribution in [3.63, 3.8) is 0 Å². The summed E-state index contributed by atoms with van der Waals surface area (Å²) in [6.07, 6.45) is 0.748. The number of hydrogen-bond acceptors (Lipinski definition) is 3. The fourth-order valence-electron chi connectivity index (χ4n) is 1.90. The van der Waals surface area contributed by atoms with Gasteiger partial charge in [0.2, 0.25) is 5.91 Å². The van der Waals surface area contributed by atoms with Crippen LogP contribution in [0.1, 0.15) is 18.9 Å². The number of benzene rings is 1. The summed E-state index contributed by atoms with van der Waals surface area (Å²) in [5.41, 5.74) is 6.05. The lowest BCUT2D eigenvalue weighted by Crippen LogP contribution is -2.46. The Bertz CT molecular complexity index is 440. The minimum absolute atomic E-state index is 0. The van der Waals surface area contributed by atoms with Crippen molar-refractivity contribution in [3.05, 3.63) is 34.6 Å². The van der Waals surface area contributed by atoms with Crippen LogP contribution >= 0.6 is 24.0 Å². The molecule has 0 fully saturated rings. The van der Waals surface area contributed by atoms with E-state index in [0.29, 0.717) is 17.1 Å². The van der Waals surface area contributed by atoms with Crippen molar-refractivity contribution < 1.29 is 13.9 Å². The van der Waals surface area contributed by atoms with Crippen molar-refractivity contribution in [1.29, 1.82) is 0 Å². The van der Waals surface area contributed by atoms with Gasteiger partial charge in [-0.2, -0.15) is 0 Å². The molecule has 1 unspecified atom stereocenters. The predicted octanol–water partition coefficient (Wildman–Crippen LogP) is 2.61. The smallest absolute Gasteiger partial charge is 0.242 e. The molecular weight excluding hydrogens is 318 g/mol. The van der Waals surface area contributed by atoms with Crippen molar-refractivity contribution in [3.8, 4) is 0 Å². The van der Waals surface area contributed by atoms with Crippen molar-refractivity contribution in [2.24, 2.45) is 5.73 Å². The number of nitrogens with zero attached hydrogens (tertiary/aromatic N) is 1. The van der Waals surface area contributed by atoms with Crippen molar-refractivity contribution >= 4 is 29.9 Å². The summed E-state index contributed by atoms with van der Waals surface area (Å²) in [5.74, 6) is -0.695. The molecule has 1 rings (SSSR count). The fraction of sp³-hybridized carbons (Fsp3) is 0.500. The topological polar surface area (TPSA) is 55.6 Å². The molecule has 0 aliphatic rings. The molecule has 7 heteroatoms. The lowest BCUT2D eigenvalue weighted by molar-refractivity contribution is -0.134. The highest BCUT2D eigenvalue weighted by molar-refractivity contribution is 6.31. The molecule has 1 aromatic carbocycles. The van der Waals surface area contributed by atoms with Gasteiger partial charge in [-0.25, -0.2) is 4.39 Å². The summed E-state index contributed by atoms with van der Waals surface area (Å²) >= 11 is 5.99. The van der Waals surface area contributed by atoms with Gasteiger partial charge >= 0.3 is 0 Å². The monoisotopic (exact) mass is 338 g/mol. The van der Waals surface area contributed by atoms with E-state index in [4.69, 9.17) is 22.1 Å². The van der Waals surface area contributed by atoms with Gasteiger partial charge < -0.3 is 15.4 Å². The average molecular weight is 339 g/mol. The zero-order valence-corrected chi connectivity index (χ0v) is 13.7. The van der Waals surface area contributed by atoms with E-state index in [0.717, 1.165) is 6.42 Å². The molecule has 0 heterocycles. The summed E-state index contributed by atoms with van der Waals surface area (Å²) in [5, 5.41) is 0.305. The van der Waals surface area contributed by atoms with Gasteiger partial charge in [0.25, 0.3) is 0 Å². The first-order valence-corrected chi connectivity index (χ1v) is 6.85. The number of carbonyl (C=O) groups excluding carboxylic acids is 1.